The van der Waals surface area contributed by atoms with Crippen LogP contribution in [0.4, 0.5) is 0 Å². The summed E-state index contributed by atoms with van der Waals surface area (Å²) in [5, 5.41) is 11.9. The average Bonchev–Trinajstić information content (AvgIpc) is 3.06. The van der Waals surface area contributed by atoms with Crippen LogP contribution >= 0.6 is 11.3 Å². The van der Waals surface area contributed by atoms with E-state index in [0.717, 1.165) is 19.5 Å². The first-order valence-corrected chi connectivity index (χ1v) is 10.8. The normalized spacial score (nSPS) is 32.0. The molecule has 4 atom stereocenters. The lowest BCUT2D eigenvalue weighted by molar-refractivity contribution is 0.278. The lowest BCUT2D eigenvalue weighted by atomic mass is 9.91. The highest BCUT2D eigenvalue weighted by atomic mass is 32.2. The van der Waals surface area contributed by atoms with E-state index in [1.54, 1.807) is 11.3 Å². The van der Waals surface area contributed by atoms with Crippen molar-refractivity contribution in [2.45, 2.75) is 37.0 Å². The third-order valence-corrected chi connectivity index (χ3v) is 6.79. The Labute approximate surface area is 141 Å². The van der Waals surface area contributed by atoms with Gasteiger partial charge in [-0.3, -0.25) is 15.6 Å². The highest BCUT2D eigenvalue weighted by Crippen LogP contribution is 2.21. The van der Waals surface area contributed by atoms with E-state index in [2.05, 4.69) is 38.5 Å². The van der Waals surface area contributed by atoms with E-state index in [9.17, 15) is 8.42 Å². The Kier molecular flexibility index (Phi) is 5.48. The van der Waals surface area contributed by atoms with Gasteiger partial charge in [-0.1, -0.05) is 6.07 Å². The Morgan fingerprint density at radius 2 is 2.30 bits per heavy atom. The van der Waals surface area contributed by atoms with Gasteiger partial charge in [-0.15, -0.1) is 11.3 Å². The smallest absolute Gasteiger partial charge is 0.163 e. The summed E-state index contributed by atoms with van der Waals surface area (Å²) in [6, 6.07) is 4.37. The molecule has 1 aromatic rings. The van der Waals surface area contributed by atoms with Gasteiger partial charge in [-0.25, -0.2) is 8.42 Å². The molecule has 4 unspecified atom stereocenters. The lowest BCUT2D eigenvalue weighted by Crippen LogP contribution is -2.57. The number of piperidine rings is 1. The molecule has 0 spiro atoms. The maximum absolute atomic E-state index is 11.6. The Morgan fingerprint density at radius 1 is 1.43 bits per heavy atom. The average molecular weight is 357 g/mol. The molecule has 2 aliphatic rings. The minimum Gasteiger partial charge on any atom is -0.301 e. The molecule has 0 bridgehead atoms. The number of sulfone groups is 1. The van der Waals surface area contributed by atoms with E-state index in [1.165, 1.54) is 11.1 Å². The van der Waals surface area contributed by atoms with Crippen LogP contribution in [0.3, 0.4) is 0 Å². The molecule has 3 N–H and O–H groups in total. The predicted octanol–water partition coefficient (Wildman–Crippen LogP) is 0.577. The van der Waals surface area contributed by atoms with Crippen molar-refractivity contribution in [3.05, 3.63) is 22.4 Å². The van der Waals surface area contributed by atoms with Crippen molar-refractivity contribution in [1.29, 1.82) is 0 Å². The van der Waals surface area contributed by atoms with Crippen LogP contribution in [0.15, 0.2) is 22.5 Å². The zero-order valence-electron chi connectivity index (χ0n) is 13.2. The molecule has 0 aliphatic carbocycles. The van der Waals surface area contributed by atoms with Gasteiger partial charge in [0.2, 0.25) is 0 Å². The molecule has 0 saturated carbocycles. The molecule has 8 heteroatoms. The fourth-order valence-electron chi connectivity index (χ4n) is 3.15. The molecule has 3 rings (SSSR count). The summed E-state index contributed by atoms with van der Waals surface area (Å²) in [5.41, 5.74) is 0. The first-order chi connectivity index (χ1) is 11.0. The second-order valence-corrected chi connectivity index (χ2v) is 9.54. The van der Waals surface area contributed by atoms with E-state index in [0.29, 0.717) is 18.9 Å². The van der Waals surface area contributed by atoms with Gasteiger partial charge in [0, 0.05) is 36.5 Å². The van der Waals surface area contributed by atoms with Crippen LogP contribution in [0, 0.1) is 5.92 Å². The van der Waals surface area contributed by atoms with Crippen molar-refractivity contribution in [2.75, 3.05) is 19.3 Å². The standard InChI is InChI=1S/C15H24N4O2S2/c1-23(20,21)15-5-4-11(7-18-15)13-9-16-10-14(19-13)17-8-12-3-2-6-22-12/h2-3,6,9,11,13-15,17-19H,4-5,7-8,10H2,1H3. The summed E-state index contributed by atoms with van der Waals surface area (Å²) in [5.74, 6) is 0.378. The van der Waals surface area contributed by atoms with Crippen molar-refractivity contribution >= 4 is 27.4 Å². The van der Waals surface area contributed by atoms with Crippen molar-refractivity contribution in [2.24, 2.45) is 10.9 Å². The fraction of sp³-hybridized carbons (Fsp3) is 0.667. The van der Waals surface area contributed by atoms with Gasteiger partial charge < -0.3 is 5.32 Å². The summed E-state index contributed by atoms with van der Waals surface area (Å²) in [4.78, 5) is 5.80. The molecule has 1 aromatic heterocycles. The number of rotatable bonds is 5. The first-order valence-electron chi connectivity index (χ1n) is 7.96. The molecule has 1 fully saturated rings. The molecule has 3 heterocycles. The van der Waals surface area contributed by atoms with Gasteiger partial charge in [-0.05, 0) is 30.2 Å². The van der Waals surface area contributed by atoms with Crippen LogP contribution in [0.1, 0.15) is 17.7 Å². The van der Waals surface area contributed by atoms with Crippen LogP contribution in [0.25, 0.3) is 0 Å². The minimum absolute atomic E-state index is 0.166. The molecule has 0 amide bonds. The Balaban J connectivity index is 1.49. The summed E-state index contributed by atoms with van der Waals surface area (Å²) < 4.78 is 23.2. The summed E-state index contributed by atoms with van der Waals surface area (Å²) in [6.07, 6.45) is 5.01. The van der Waals surface area contributed by atoms with Gasteiger partial charge in [0.05, 0.1) is 12.7 Å². The van der Waals surface area contributed by atoms with Crippen molar-refractivity contribution in [3.8, 4) is 0 Å². The molecule has 128 valence electrons. The largest absolute Gasteiger partial charge is 0.301 e. The van der Waals surface area contributed by atoms with Gasteiger partial charge in [0.1, 0.15) is 5.37 Å². The predicted molar refractivity (Wildman–Crippen MR) is 94.6 cm³/mol. The number of hydrogen-bond acceptors (Lipinski definition) is 7. The fourth-order valence-corrected chi connectivity index (χ4v) is 4.77. The van der Waals surface area contributed by atoms with Crippen LogP contribution in [0.5, 0.6) is 0 Å². The summed E-state index contributed by atoms with van der Waals surface area (Å²) in [6.45, 7) is 2.28. The minimum atomic E-state index is -3.00. The highest BCUT2D eigenvalue weighted by molar-refractivity contribution is 7.91. The molecule has 0 aromatic carbocycles. The van der Waals surface area contributed by atoms with Gasteiger partial charge in [0.25, 0.3) is 0 Å². The van der Waals surface area contributed by atoms with E-state index in [4.69, 9.17) is 0 Å². The number of nitrogens with one attached hydrogen (secondary N) is 3. The van der Waals surface area contributed by atoms with Crippen LogP contribution in [0.2, 0.25) is 0 Å². The van der Waals surface area contributed by atoms with Crippen molar-refractivity contribution in [1.82, 2.24) is 16.0 Å². The number of aliphatic imine (C=N–C) groups is 1. The Hall–Kier alpha value is -0.800. The van der Waals surface area contributed by atoms with Crippen molar-refractivity contribution in [3.63, 3.8) is 0 Å². The maximum Gasteiger partial charge on any atom is 0.163 e. The Morgan fingerprint density at radius 3 is 2.96 bits per heavy atom. The van der Waals surface area contributed by atoms with Crippen LogP contribution in [-0.4, -0.2) is 51.6 Å². The second kappa shape index (κ2) is 7.40. The quantitative estimate of drug-likeness (QED) is 0.719. The van der Waals surface area contributed by atoms with Gasteiger partial charge >= 0.3 is 0 Å². The number of thiophene rings is 1. The van der Waals surface area contributed by atoms with E-state index < -0.39 is 15.2 Å². The number of hydrogen-bond donors (Lipinski definition) is 3. The second-order valence-electron chi connectivity index (χ2n) is 6.28. The number of nitrogens with zero attached hydrogens (tertiary/aromatic N) is 1. The highest BCUT2D eigenvalue weighted by Gasteiger charge is 2.32. The monoisotopic (exact) mass is 356 g/mol. The first kappa shape index (κ1) is 17.0. The lowest BCUT2D eigenvalue weighted by Gasteiger charge is -2.36. The molecule has 2 aliphatic heterocycles. The van der Waals surface area contributed by atoms with E-state index >= 15 is 0 Å². The summed E-state index contributed by atoms with van der Waals surface area (Å²) >= 11 is 1.75. The molecule has 0 radical (unpaired) electrons. The van der Waals surface area contributed by atoms with Crippen LogP contribution in [-0.2, 0) is 16.4 Å². The molecule has 6 nitrogen and oxygen atoms in total. The van der Waals surface area contributed by atoms with E-state index in [-0.39, 0.29) is 12.2 Å². The zero-order valence-corrected chi connectivity index (χ0v) is 14.9. The maximum atomic E-state index is 11.6. The third-order valence-electron chi connectivity index (χ3n) is 4.48. The third kappa shape index (κ3) is 4.60. The SMILES string of the molecule is CS(=O)(=O)C1CCC(C2C=NCC(NCc3cccs3)N2)CN1. The topological polar surface area (TPSA) is 82.6 Å². The molecule has 1 saturated heterocycles. The molecular weight excluding hydrogens is 332 g/mol. The molecule has 23 heavy (non-hydrogen) atoms. The molecular formula is C15H24N4O2S2. The van der Waals surface area contributed by atoms with E-state index in [1.807, 2.05) is 6.21 Å². The van der Waals surface area contributed by atoms with Gasteiger partial charge in [0.15, 0.2) is 9.84 Å². The van der Waals surface area contributed by atoms with Crippen molar-refractivity contribution < 1.29 is 8.42 Å². The van der Waals surface area contributed by atoms with Gasteiger partial charge in [-0.2, -0.15) is 0 Å². The van der Waals surface area contributed by atoms with Crippen LogP contribution < -0.4 is 16.0 Å². The zero-order chi connectivity index (χ0) is 16.3. The Bertz CT molecular complexity index is 622. The summed E-state index contributed by atoms with van der Waals surface area (Å²) in [7, 11) is -3.00.